The van der Waals surface area contributed by atoms with Crippen molar-refractivity contribution in [1.82, 2.24) is 9.97 Å². The lowest BCUT2D eigenvalue weighted by atomic mass is 9.90. The van der Waals surface area contributed by atoms with Crippen LogP contribution in [0.5, 0.6) is 0 Å². The minimum Gasteiger partial charge on any atom is -0.370 e. The molecule has 0 saturated heterocycles. The molecular weight excluding hydrogens is 479 g/mol. The van der Waals surface area contributed by atoms with Crippen LogP contribution in [-0.2, 0) is 0 Å². The van der Waals surface area contributed by atoms with E-state index >= 15 is 0 Å². The van der Waals surface area contributed by atoms with Gasteiger partial charge in [-0.2, -0.15) is 0 Å². The minimum atomic E-state index is 0. The van der Waals surface area contributed by atoms with Gasteiger partial charge in [-0.15, -0.1) is 24.8 Å². The summed E-state index contributed by atoms with van der Waals surface area (Å²) in [6.45, 7) is 2.07. The number of rotatable bonds is 5. The molecule has 5 N–H and O–H groups in total. The molecule has 0 radical (unpaired) electrons. The van der Waals surface area contributed by atoms with Crippen molar-refractivity contribution in [1.29, 1.82) is 0 Å². The molecule has 1 saturated carbocycles. The lowest BCUT2D eigenvalue weighted by Gasteiger charge is -2.30. The predicted octanol–water partition coefficient (Wildman–Crippen LogP) is 5.60. The second-order valence-corrected chi connectivity index (χ2v) is 8.43. The van der Waals surface area contributed by atoms with E-state index in [0.29, 0.717) is 10.8 Å². The Hall–Kier alpha value is -2.54. The zero-order valence-electron chi connectivity index (χ0n) is 18.4. The molecule has 6 nitrogen and oxygen atoms in total. The van der Waals surface area contributed by atoms with Crippen molar-refractivity contribution in [3.8, 4) is 0 Å². The molecule has 33 heavy (non-hydrogen) atoms. The standard InChI is InChI=1S/C24H27ClN6.2ClH/c1-15-6-12-19-18(14-15)23(29-20-4-2-3-5-21(20)30-24(26)27)31-22(28-19)13-9-16-7-10-17(25)11-8-16;;/h6-14,20-21H,2-5H2,1H3,(H4,26,27,30)(H,28,29,31);2*1H. The van der Waals surface area contributed by atoms with E-state index in [2.05, 4.69) is 29.4 Å². The molecule has 4 rings (SSSR count). The monoisotopic (exact) mass is 506 g/mol. The van der Waals surface area contributed by atoms with Gasteiger partial charge in [0.25, 0.3) is 0 Å². The summed E-state index contributed by atoms with van der Waals surface area (Å²) in [4.78, 5) is 14.0. The van der Waals surface area contributed by atoms with Crippen molar-refractivity contribution in [2.24, 2.45) is 16.5 Å². The zero-order valence-corrected chi connectivity index (χ0v) is 20.8. The number of halogens is 3. The average Bonchev–Trinajstić information content (AvgIpc) is 2.75. The van der Waals surface area contributed by atoms with Crippen LogP contribution >= 0.6 is 36.4 Å². The van der Waals surface area contributed by atoms with E-state index in [4.69, 9.17) is 33.0 Å². The Labute approximate surface area is 211 Å². The predicted molar refractivity (Wildman–Crippen MR) is 145 cm³/mol. The first-order chi connectivity index (χ1) is 15.0. The third kappa shape index (κ3) is 6.97. The molecule has 1 aromatic heterocycles. The number of aliphatic imine (C=N–C) groups is 1. The highest BCUT2D eigenvalue weighted by Gasteiger charge is 2.26. The molecule has 2 unspecified atom stereocenters. The van der Waals surface area contributed by atoms with E-state index in [1.807, 2.05) is 42.5 Å². The molecule has 1 aliphatic rings. The summed E-state index contributed by atoms with van der Waals surface area (Å²) in [5.74, 6) is 1.59. The molecule has 0 amide bonds. The number of nitrogens with zero attached hydrogens (tertiary/aromatic N) is 3. The first-order valence-corrected chi connectivity index (χ1v) is 10.9. The molecule has 176 valence electrons. The number of nitrogens with one attached hydrogen (secondary N) is 1. The van der Waals surface area contributed by atoms with Gasteiger partial charge in [-0.1, -0.05) is 54.3 Å². The van der Waals surface area contributed by atoms with E-state index in [1.165, 1.54) is 0 Å². The third-order valence-electron chi connectivity index (χ3n) is 5.53. The van der Waals surface area contributed by atoms with Crippen molar-refractivity contribution < 1.29 is 0 Å². The molecule has 2 atom stereocenters. The van der Waals surface area contributed by atoms with Crippen LogP contribution in [0.1, 0.15) is 42.6 Å². The van der Waals surface area contributed by atoms with Gasteiger partial charge in [0.1, 0.15) is 5.82 Å². The Balaban J connectivity index is 0.00000193. The maximum atomic E-state index is 5.98. The van der Waals surface area contributed by atoms with Gasteiger partial charge in [-0.3, -0.25) is 0 Å². The van der Waals surface area contributed by atoms with Crippen LogP contribution < -0.4 is 16.8 Å². The lowest BCUT2D eigenvalue weighted by Crippen LogP contribution is -2.38. The molecule has 3 aromatic rings. The summed E-state index contributed by atoms with van der Waals surface area (Å²) in [6, 6.07) is 14.0. The van der Waals surface area contributed by atoms with Crippen LogP contribution in [-0.4, -0.2) is 28.0 Å². The van der Waals surface area contributed by atoms with Gasteiger partial charge in [0.05, 0.1) is 17.6 Å². The molecule has 2 aromatic carbocycles. The molecule has 0 spiro atoms. The first-order valence-electron chi connectivity index (χ1n) is 10.6. The van der Waals surface area contributed by atoms with E-state index in [1.54, 1.807) is 0 Å². The number of aryl methyl sites for hydroxylation is 1. The number of hydrogen-bond acceptors (Lipinski definition) is 4. The van der Waals surface area contributed by atoms with Crippen molar-refractivity contribution in [3.05, 3.63) is 64.4 Å². The highest BCUT2D eigenvalue weighted by molar-refractivity contribution is 6.30. The largest absolute Gasteiger partial charge is 0.370 e. The van der Waals surface area contributed by atoms with Crippen LogP contribution in [0.25, 0.3) is 23.1 Å². The van der Waals surface area contributed by atoms with E-state index < -0.39 is 0 Å². The highest BCUT2D eigenvalue weighted by Crippen LogP contribution is 2.28. The average molecular weight is 508 g/mol. The third-order valence-corrected chi connectivity index (χ3v) is 5.78. The molecular formula is C24H29Cl3N6. The fourth-order valence-electron chi connectivity index (χ4n) is 3.99. The number of benzene rings is 2. The number of aromatic nitrogens is 2. The summed E-state index contributed by atoms with van der Waals surface area (Å²) in [5.41, 5.74) is 14.4. The van der Waals surface area contributed by atoms with Crippen molar-refractivity contribution in [2.45, 2.75) is 44.7 Å². The second-order valence-electron chi connectivity index (χ2n) is 7.99. The molecule has 1 heterocycles. The topological polar surface area (TPSA) is 102 Å². The second kappa shape index (κ2) is 12.1. The first kappa shape index (κ1) is 26.7. The summed E-state index contributed by atoms with van der Waals surface area (Å²) < 4.78 is 0. The molecule has 1 aliphatic carbocycles. The molecule has 9 heteroatoms. The van der Waals surface area contributed by atoms with Gasteiger partial charge < -0.3 is 16.8 Å². The lowest BCUT2D eigenvalue weighted by molar-refractivity contribution is 0.405. The summed E-state index contributed by atoms with van der Waals surface area (Å²) >= 11 is 5.98. The fourth-order valence-corrected chi connectivity index (χ4v) is 4.12. The van der Waals surface area contributed by atoms with Crippen molar-refractivity contribution in [2.75, 3.05) is 5.32 Å². The SMILES string of the molecule is Cc1ccc2nc(C=Cc3ccc(Cl)cc3)nc(NC3CCCCC3N=C(N)N)c2c1.Cl.Cl. The number of nitrogens with two attached hydrogens (primary N) is 2. The number of hydrogen-bond donors (Lipinski definition) is 3. The normalized spacial score (nSPS) is 17.8. The van der Waals surface area contributed by atoms with Gasteiger partial charge in [-0.05, 0) is 55.7 Å². The molecule has 0 bridgehead atoms. The highest BCUT2D eigenvalue weighted by atomic mass is 35.5. The van der Waals surface area contributed by atoms with Crippen LogP contribution in [0.2, 0.25) is 5.02 Å². The molecule has 0 aliphatic heterocycles. The van der Waals surface area contributed by atoms with Gasteiger partial charge >= 0.3 is 0 Å². The van der Waals surface area contributed by atoms with Crippen LogP contribution in [0.3, 0.4) is 0 Å². The van der Waals surface area contributed by atoms with Gasteiger partial charge in [0.15, 0.2) is 11.8 Å². The Bertz CT molecular complexity index is 1130. The maximum Gasteiger partial charge on any atom is 0.186 e. The van der Waals surface area contributed by atoms with Crippen molar-refractivity contribution >= 4 is 71.2 Å². The maximum absolute atomic E-state index is 5.98. The van der Waals surface area contributed by atoms with Crippen LogP contribution in [0.15, 0.2) is 47.5 Å². The van der Waals surface area contributed by atoms with Gasteiger partial charge in [0.2, 0.25) is 0 Å². The Morgan fingerprint density at radius 1 is 1.03 bits per heavy atom. The number of fused-ring (bicyclic) bond motifs is 1. The van der Waals surface area contributed by atoms with Crippen molar-refractivity contribution in [3.63, 3.8) is 0 Å². The van der Waals surface area contributed by atoms with Gasteiger partial charge in [-0.25, -0.2) is 15.0 Å². The Morgan fingerprint density at radius 2 is 1.76 bits per heavy atom. The zero-order chi connectivity index (χ0) is 21.8. The van der Waals surface area contributed by atoms with E-state index in [-0.39, 0.29) is 42.9 Å². The number of anilines is 1. The Kier molecular flexibility index (Phi) is 9.77. The van der Waals surface area contributed by atoms with E-state index in [9.17, 15) is 0 Å². The fraction of sp³-hybridized carbons (Fsp3) is 0.292. The van der Waals surface area contributed by atoms with Crippen LogP contribution in [0.4, 0.5) is 5.82 Å². The molecule has 1 fully saturated rings. The quantitative estimate of drug-likeness (QED) is 0.308. The number of guanidine groups is 1. The summed E-state index contributed by atoms with van der Waals surface area (Å²) in [6.07, 6.45) is 8.12. The Morgan fingerprint density at radius 3 is 2.48 bits per heavy atom. The van der Waals surface area contributed by atoms with Gasteiger partial charge in [0, 0.05) is 10.4 Å². The minimum absolute atomic E-state index is 0. The van der Waals surface area contributed by atoms with E-state index in [0.717, 1.165) is 53.5 Å². The summed E-state index contributed by atoms with van der Waals surface area (Å²) in [5, 5.41) is 5.34. The summed E-state index contributed by atoms with van der Waals surface area (Å²) in [7, 11) is 0. The van der Waals surface area contributed by atoms with Crippen LogP contribution in [0, 0.1) is 6.92 Å². The smallest absolute Gasteiger partial charge is 0.186 e.